The van der Waals surface area contributed by atoms with Crippen LogP contribution in [0.5, 0.6) is 11.5 Å². The molecule has 2 aromatic carbocycles. The Morgan fingerprint density at radius 3 is 2.52 bits per heavy atom. The Kier molecular flexibility index (Phi) is 5.51. The van der Waals surface area contributed by atoms with E-state index in [9.17, 15) is 0 Å². The smallest absolute Gasteiger partial charge is 0.147 e. The maximum absolute atomic E-state index is 6.14. The first kappa shape index (κ1) is 16.2. The second kappa shape index (κ2) is 7.17. The van der Waals surface area contributed by atoms with Crippen LogP contribution in [0.3, 0.4) is 0 Å². The van der Waals surface area contributed by atoms with Gasteiger partial charge in [0.15, 0.2) is 0 Å². The second-order valence-corrected chi connectivity index (χ2v) is 6.07. The van der Waals surface area contributed by atoms with E-state index in [1.165, 1.54) is 5.56 Å². The molecular formula is C17H19Cl2NO. The lowest BCUT2D eigenvalue weighted by atomic mass is 10.1. The number of hydrogen-bond donors (Lipinski definition) is 1. The van der Waals surface area contributed by atoms with Gasteiger partial charge in [-0.05, 0) is 36.2 Å². The van der Waals surface area contributed by atoms with Gasteiger partial charge in [0, 0.05) is 12.6 Å². The van der Waals surface area contributed by atoms with Crippen LogP contribution in [0.25, 0.3) is 0 Å². The Labute approximate surface area is 136 Å². The number of nitrogens with one attached hydrogen (secondary N) is 1. The average Bonchev–Trinajstić information content (AvgIpc) is 2.44. The minimum Gasteiger partial charge on any atom is -0.455 e. The molecule has 2 rings (SSSR count). The molecule has 21 heavy (non-hydrogen) atoms. The molecule has 2 nitrogen and oxygen atoms in total. The van der Waals surface area contributed by atoms with Gasteiger partial charge < -0.3 is 10.1 Å². The zero-order valence-electron chi connectivity index (χ0n) is 12.4. The van der Waals surface area contributed by atoms with Gasteiger partial charge in [-0.15, -0.1) is 0 Å². The fourth-order valence-electron chi connectivity index (χ4n) is 1.94. The van der Waals surface area contributed by atoms with Gasteiger partial charge in [0.2, 0.25) is 0 Å². The van der Waals surface area contributed by atoms with Crippen LogP contribution in [0.1, 0.15) is 25.0 Å². The Hall–Kier alpha value is -1.22. The summed E-state index contributed by atoms with van der Waals surface area (Å²) in [4.78, 5) is 0. The van der Waals surface area contributed by atoms with E-state index < -0.39 is 0 Å². The van der Waals surface area contributed by atoms with E-state index in [0.717, 1.165) is 17.9 Å². The van der Waals surface area contributed by atoms with Gasteiger partial charge in [-0.3, -0.25) is 0 Å². The Morgan fingerprint density at radius 2 is 1.86 bits per heavy atom. The van der Waals surface area contributed by atoms with E-state index in [1.54, 1.807) is 6.07 Å². The molecule has 0 fully saturated rings. The molecule has 4 heteroatoms. The number of halogens is 2. The minimum atomic E-state index is 0.434. The van der Waals surface area contributed by atoms with Crippen LogP contribution < -0.4 is 10.1 Å². The van der Waals surface area contributed by atoms with E-state index >= 15 is 0 Å². The van der Waals surface area contributed by atoms with E-state index in [1.807, 2.05) is 25.1 Å². The highest BCUT2D eigenvalue weighted by Crippen LogP contribution is 2.35. The van der Waals surface area contributed by atoms with Crippen LogP contribution in [0, 0.1) is 6.92 Å². The van der Waals surface area contributed by atoms with Gasteiger partial charge in [-0.1, -0.05) is 55.2 Å². The van der Waals surface area contributed by atoms with Crippen molar-refractivity contribution in [1.82, 2.24) is 5.32 Å². The first-order chi connectivity index (χ1) is 9.97. The summed E-state index contributed by atoms with van der Waals surface area (Å²) in [6, 6.07) is 12.0. The van der Waals surface area contributed by atoms with E-state index in [4.69, 9.17) is 27.9 Å². The lowest BCUT2D eigenvalue weighted by Crippen LogP contribution is -2.21. The number of benzene rings is 2. The standard InChI is InChI=1S/C17H19Cl2NO/c1-11(2)20-10-13-7-8-15(12(3)9-13)21-16-6-4-5-14(18)17(16)19/h4-9,11,20H,10H2,1-3H3. The summed E-state index contributed by atoms with van der Waals surface area (Å²) >= 11 is 12.1. The summed E-state index contributed by atoms with van der Waals surface area (Å²) in [5, 5.41) is 4.32. The molecule has 0 bridgehead atoms. The Bertz CT molecular complexity index is 626. The van der Waals surface area contributed by atoms with Crippen LogP contribution in [-0.2, 0) is 6.54 Å². The van der Waals surface area contributed by atoms with Crippen molar-refractivity contribution in [3.05, 3.63) is 57.6 Å². The molecular weight excluding hydrogens is 305 g/mol. The molecule has 0 aromatic heterocycles. The highest BCUT2D eigenvalue weighted by molar-refractivity contribution is 6.42. The summed E-state index contributed by atoms with van der Waals surface area (Å²) in [5.41, 5.74) is 2.29. The van der Waals surface area contributed by atoms with Crippen LogP contribution in [-0.4, -0.2) is 6.04 Å². The molecule has 0 atom stereocenters. The van der Waals surface area contributed by atoms with Crippen molar-refractivity contribution in [1.29, 1.82) is 0 Å². The van der Waals surface area contributed by atoms with Crippen LogP contribution in [0.4, 0.5) is 0 Å². The van der Waals surface area contributed by atoms with Crippen molar-refractivity contribution in [2.75, 3.05) is 0 Å². The molecule has 0 radical (unpaired) electrons. The summed E-state index contributed by atoms with van der Waals surface area (Å²) in [6.45, 7) is 7.13. The fraction of sp³-hybridized carbons (Fsp3) is 0.294. The van der Waals surface area contributed by atoms with Gasteiger partial charge >= 0.3 is 0 Å². The normalized spacial score (nSPS) is 11.0. The molecule has 0 aliphatic heterocycles. The highest BCUT2D eigenvalue weighted by atomic mass is 35.5. The quantitative estimate of drug-likeness (QED) is 0.774. The SMILES string of the molecule is Cc1cc(CNC(C)C)ccc1Oc1cccc(Cl)c1Cl. The third kappa shape index (κ3) is 4.37. The van der Waals surface area contributed by atoms with Crippen LogP contribution >= 0.6 is 23.2 Å². The number of aryl methyl sites for hydroxylation is 1. The topological polar surface area (TPSA) is 21.3 Å². The molecule has 0 amide bonds. The average molecular weight is 324 g/mol. The predicted molar refractivity (Wildman–Crippen MR) is 89.7 cm³/mol. The van der Waals surface area contributed by atoms with E-state index in [0.29, 0.717) is 21.8 Å². The molecule has 0 aliphatic rings. The highest BCUT2D eigenvalue weighted by Gasteiger charge is 2.08. The summed E-state index contributed by atoms with van der Waals surface area (Å²) < 4.78 is 5.86. The van der Waals surface area contributed by atoms with Crippen LogP contribution in [0.2, 0.25) is 10.0 Å². The maximum atomic E-state index is 6.14. The number of rotatable bonds is 5. The first-order valence-electron chi connectivity index (χ1n) is 6.92. The zero-order valence-corrected chi connectivity index (χ0v) is 13.9. The molecule has 2 aromatic rings. The molecule has 1 N–H and O–H groups in total. The van der Waals surface area contributed by atoms with Crippen molar-refractivity contribution < 1.29 is 4.74 Å². The summed E-state index contributed by atoms with van der Waals surface area (Å²) in [7, 11) is 0. The Balaban J connectivity index is 2.16. The lowest BCUT2D eigenvalue weighted by Gasteiger charge is -2.13. The zero-order chi connectivity index (χ0) is 15.4. The first-order valence-corrected chi connectivity index (χ1v) is 7.67. The van der Waals surface area contributed by atoms with Gasteiger partial charge in [0.1, 0.15) is 16.5 Å². The molecule has 0 aliphatic carbocycles. The largest absolute Gasteiger partial charge is 0.455 e. The Morgan fingerprint density at radius 1 is 1.10 bits per heavy atom. The van der Waals surface area contributed by atoms with Crippen molar-refractivity contribution >= 4 is 23.2 Å². The minimum absolute atomic E-state index is 0.434. The van der Waals surface area contributed by atoms with Gasteiger partial charge in [0.25, 0.3) is 0 Å². The molecule has 0 heterocycles. The third-order valence-electron chi connectivity index (χ3n) is 3.09. The van der Waals surface area contributed by atoms with Gasteiger partial charge in [-0.25, -0.2) is 0 Å². The van der Waals surface area contributed by atoms with E-state index in [2.05, 4.69) is 31.3 Å². The van der Waals surface area contributed by atoms with Crippen molar-refractivity contribution in [2.45, 2.75) is 33.4 Å². The van der Waals surface area contributed by atoms with Crippen molar-refractivity contribution in [3.63, 3.8) is 0 Å². The van der Waals surface area contributed by atoms with E-state index in [-0.39, 0.29) is 0 Å². The predicted octanol–water partition coefficient (Wildman–Crippen LogP) is 5.59. The van der Waals surface area contributed by atoms with Crippen LogP contribution in [0.15, 0.2) is 36.4 Å². The second-order valence-electron chi connectivity index (χ2n) is 5.29. The fourth-order valence-corrected chi connectivity index (χ4v) is 2.27. The molecule has 0 unspecified atom stereocenters. The lowest BCUT2D eigenvalue weighted by molar-refractivity contribution is 0.478. The summed E-state index contributed by atoms with van der Waals surface area (Å²) in [5.74, 6) is 1.35. The molecule has 0 saturated heterocycles. The van der Waals surface area contributed by atoms with Crippen molar-refractivity contribution in [3.8, 4) is 11.5 Å². The maximum Gasteiger partial charge on any atom is 0.147 e. The molecule has 112 valence electrons. The van der Waals surface area contributed by atoms with Gasteiger partial charge in [-0.2, -0.15) is 0 Å². The monoisotopic (exact) mass is 323 g/mol. The number of ether oxygens (including phenoxy) is 1. The molecule has 0 spiro atoms. The molecule has 0 saturated carbocycles. The van der Waals surface area contributed by atoms with Crippen molar-refractivity contribution in [2.24, 2.45) is 0 Å². The summed E-state index contributed by atoms with van der Waals surface area (Å²) in [6.07, 6.45) is 0. The third-order valence-corrected chi connectivity index (χ3v) is 3.89. The number of hydrogen-bond acceptors (Lipinski definition) is 2. The van der Waals surface area contributed by atoms with Gasteiger partial charge in [0.05, 0.1) is 5.02 Å².